The molecule has 12 heavy (non-hydrogen) atoms. The predicted molar refractivity (Wildman–Crippen MR) is 41.5 cm³/mol. The van der Waals surface area contributed by atoms with E-state index in [-0.39, 0.29) is 12.2 Å². The second-order valence-corrected chi connectivity index (χ2v) is 2.38. The first-order chi connectivity index (χ1) is 5.83. The number of carbonyl (C=O) groups is 1. The van der Waals surface area contributed by atoms with Gasteiger partial charge in [0, 0.05) is 12.8 Å². The Morgan fingerprint density at radius 3 is 3.17 bits per heavy atom. The predicted octanol–water partition coefficient (Wildman–Crippen LogP) is -0.357. The van der Waals surface area contributed by atoms with Crippen LogP contribution in [0, 0.1) is 0 Å². The van der Waals surface area contributed by atoms with Crippen molar-refractivity contribution in [2.45, 2.75) is 19.1 Å². The van der Waals surface area contributed by atoms with Crippen LogP contribution in [-0.4, -0.2) is 18.8 Å². The monoisotopic (exact) mass is 172 g/mol. The average molecular weight is 172 g/mol. The van der Waals surface area contributed by atoms with Crippen molar-refractivity contribution in [1.29, 1.82) is 0 Å². The van der Waals surface area contributed by atoms with Gasteiger partial charge in [0.25, 0.3) is 0 Å². The fraction of sp³-hybridized carbons (Fsp3) is 0.571. The maximum atomic E-state index is 10.7. The van der Waals surface area contributed by atoms with Gasteiger partial charge in [-0.15, -0.1) is 0 Å². The SMILES string of the molecule is NNC(=O)CCC1OC=CCO1. The van der Waals surface area contributed by atoms with Crippen molar-refractivity contribution in [3.8, 4) is 0 Å². The first kappa shape index (κ1) is 9.02. The molecule has 1 amide bonds. The van der Waals surface area contributed by atoms with E-state index in [2.05, 4.69) is 0 Å². The summed E-state index contributed by atoms with van der Waals surface area (Å²) < 4.78 is 10.2. The van der Waals surface area contributed by atoms with E-state index in [4.69, 9.17) is 15.3 Å². The number of nitrogens with two attached hydrogens (primary N) is 1. The summed E-state index contributed by atoms with van der Waals surface area (Å²) in [6, 6.07) is 0. The highest BCUT2D eigenvalue weighted by Gasteiger charge is 2.12. The van der Waals surface area contributed by atoms with E-state index < -0.39 is 0 Å². The summed E-state index contributed by atoms with van der Waals surface area (Å²) in [5.74, 6) is 4.68. The minimum absolute atomic E-state index is 0.211. The maximum Gasteiger partial charge on any atom is 0.234 e. The lowest BCUT2D eigenvalue weighted by Crippen LogP contribution is -2.31. The molecule has 5 heteroatoms. The fourth-order valence-electron chi connectivity index (χ4n) is 0.857. The van der Waals surface area contributed by atoms with Crippen LogP contribution >= 0.6 is 0 Å². The molecular formula is C7H12N2O3. The van der Waals surface area contributed by atoms with Crippen LogP contribution in [0.5, 0.6) is 0 Å². The van der Waals surface area contributed by atoms with Crippen molar-refractivity contribution in [3.63, 3.8) is 0 Å². The second-order valence-electron chi connectivity index (χ2n) is 2.38. The van der Waals surface area contributed by atoms with E-state index in [1.165, 1.54) is 0 Å². The largest absolute Gasteiger partial charge is 0.473 e. The van der Waals surface area contributed by atoms with Crippen molar-refractivity contribution in [2.24, 2.45) is 5.84 Å². The fourth-order valence-corrected chi connectivity index (χ4v) is 0.857. The zero-order valence-corrected chi connectivity index (χ0v) is 6.66. The molecule has 1 aliphatic heterocycles. The molecule has 0 aromatic carbocycles. The molecule has 5 nitrogen and oxygen atoms in total. The molecule has 0 aliphatic carbocycles. The molecule has 1 unspecified atom stereocenters. The van der Waals surface area contributed by atoms with E-state index in [9.17, 15) is 4.79 Å². The Balaban J connectivity index is 2.14. The van der Waals surface area contributed by atoms with E-state index in [1.54, 1.807) is 12.3 Å². The molecule has 0 aromatic heterocycles. The van der Waals surface area contributed by atoms with Gasteiger partial charge in [0.05, 0.1) is 12.9 Å². The highest BCUT2D eigenvalue weighted by atomic mass is 16.7. The molecule has 0 aromatic rings. The smallest absolute Gasteiger partial charge is 0.234 e. The number of hydrogen-bond donors (Lipinski definition) is 2. The van der Waals surface area contributed by atoms with E-state index in [0.29, 0.717) is 19.4 Å². The zero-order chi connectivity index (χ0) is 8.81. The summed E-state index contributed by atoms with van der Waals surface area (Å²) in [4.78, 5) is 10.7. The number of hydrogen-bond acceptors (Lipinski definition) is 4. The Hall–Kier alpha value is -1.07. The first-order valence-corrected chi connectivity index (χ1v) is 3.74. The number of hydrazine groups is 1. The van der Waals surface area contributed by atoms with Crippen molar-refractivity contribution in [2.75, 3.05) is 6.61 Å². The first-order valence-electron chi connectivity index (χ1n) is 3.74. The van der Waals surface area contributed by atoms with E-state index >= 15 is 0 Å². The summed E-state index contributed by atoms with van der Waals surface area (Å²) in [6.45, 7) is 0.537. The van der Waals surface area contributed by atoms with Crippen LogP contribution in [0.4, 0.5) is 0 Å². The normalized spacial score (nSPS) is 21.6. The Morgan fingerprint density at radius 1 is 1.75 bits per heavy atom. The van der Waals surface area contributed by atoms with Crippen LogP contribution in [-0.2, 0) is 14.3 Å². The number of nitrogens with one attached hydrogen (secondary N) is 1. The van der Waals surface area contributed by atoms with Gasteiger partial charge in [-0.25, -0.2) is 5.84 Å². The minimum Gasteiger partial charge on any atom is -0.473 e. The Bertz CT molecular complexity index is 181. The lowest BCUT2D eigenvalue weighted by molar-refractivity contribution is -0.131. The molecule has 0 spiro atoms. The second kappa shape index (κ2) is 4.74. The molecule has 1 rings (SSSR count). The molecule has 1 heterocycles. The lowest BCUT2D eigenvalue weighted by Gasteiger charge is -2.19. The van der Waals surface area contributed by atoms with E-state index in [0.717, 1.165) is 0 Å². The van der Waals surface area contributed by atoms with Crippen molar-refractivity contribution in [3.05, 3.63) is 12.3 Å². The lowest BCUT2D eigenvalue weighted by atomic mass is 10.3. The van der Waals surface area contributed by atoms with Gasteiger partial charge >= 0.3 is 0 Å². The molecule has 1 atom stereocenters. The summed E-state index contributed by atoms with van der Waals surface area (Å²) >= 11 is 0. The molecule has 0 bridgehead atoms. The van der Waals surface area contributed by atoms with Gasteiger partial charge in [-0.3, -0.25) is 10.2 Å². The van der Waals surface area contributed by atoms with Crippen LogP contribution in [0.15, 0.2) is 12.3 Å². The Labute approximate surface area is 70.5 Å². The van der Waals surface area contributed by atoms with Crippen molar-refractivity contribution < 1.29 is 14.3 Å². The van der Waals surface area contributed by atoms with Gasteiger partial charge in [0.2, 0.25) is 5.91 Å². The molecule has 3 N–H and O–H groups in total. The minimum atomic E-state index is -0.313. The molecule has 0 saturated heterocycles. The Morgan fingerprint density at radius 2 is 2.58 bits per heavy atom. The van der Waals surface area contributed by atoms with Crippen LogP contribution in [0.25, 0.3) is 0 Å². The van der Waals surface area contributed by atoms with Crippen molar-refractivity contribution >= 4 is 5.91 Å². The molecule has 0 saturated carbocycles. The number of rotatable bonds is 3. The van der Waals surface area contributed by atoms with Gasteiger partial charge in [-0.2, -0.15) is 0 Å². The van der Waals surface area contributed by atoms with Gasteiger partial charge in [-0.1, -0.05) is 0 Å². The number of amides is 1. The van der Waals surface area contributed by atoms with E-state index in [1.807, 2.05) is 5.43 Å². The summed E-state index contributed by atoms with van der Waals surface area (Å²) in [5.41, 5.74) is 2.04. The summed E-state index contributed by atoms with van der Waals surface area (Å²) in [5, 5.41) is 0. The standard InChI is InChI=1S/C7H12N2O3/c8-9-6(10)2-3-7-11-4-1-5-12-7/h1,4,7H,2-3,5,8H2,(H,9,10). The third-order valence-electron chi connectivity index (χ3n) is 1.47. The zero-order valence-electron chi connectivity index (χ0n) is 6.66. The highest BCUT2D eigenvalue weighted by Crippen LogP contribution is 2.08. The van der Waals surface area contributed by atoms with Gasteiger partial charge in [-0.05, 0) is 6.08 Å². The van der Waals surface area contributed by atoms with Gasteiger partial charge in [0.1, 0.15) is 0 Å². The highest BCUT2D eigenvalue weighted by molar-refractivity contribution is 5.75. The topological polar surface area (TPSA) is 73.6 Å². The number of carbonyl (C=O) groups excluding carboxylic acids is 1. The molecule has 0 fully saturated rings. The average Bonchev–Trinajstić information content (AvgIpc) is 2.16. The molecule has 1 aliphatic rings. The van der Waals surface area contributed by atoms with Crippen molar-refractivity contribution in [1.82, 2.24) is 5.43 Å². The van der Waals surface area contributed by atoms with Gasteiger partial charge in [0.15, 0.2) is 6.29 Å². The summed E-state index contributed by atoms with van der Waals surface area (Å²) in [6.07, 6.45) is 3.86. The molecule has 0 radical (unpaired) electrons. The Kier molecular flexibility index (Phi) is 3.56. The summed E-state index contributed by atoms with van der Waals surface area (Å²) in [7, 11) is 0. The molecule has 68 valence electrons. The number of ether oxygens (including phenoxy) is 2. The van der Waals surface area contributed by atoms with Crippen LogP contribution in [0.2, 0.25) is 0 Å². The maximum absolute atomic E-state index is 10.7. The third-order valence-corrected chi connectivity index (χ3v) is 1.47. The van der Waals surface area contributed by atoms with Crippen LogP contribution in [0.1, 0.15) is 12.8 Å². The van der Waals surface area contributed by atoms with Gasteiger partial charge < -0.3 is 9.47 Å². The van der Waals surface area contributed by atoms with Crippen LogP contribution in [0.3, 0.4) is 0 Å². The quantitative estimate of drug-likeness (QED) is 0.346. The molecular weight excluding hydrogens is 160 g/mol. The van der Waals surface area contributed by atoms with Crippen LogP contribution < -0.4 is 11.3 Å². The third kappa shape index (κ3) is 2.89.